The molecule has 0 heterocycles. The molecule has 0 spiro atoms. The molecule has 1 aliphatic rings. The Bertz CT molecular complexity index is 620. The Balaban J connectivity index is 2.01. The largest absolute Gasteiger partial charge is 0.444 e. The van der Waals surface area contributed by atoms with Crippen LogP contribution in [0.3, 0.4) is 0 Å². The fourth-order valence-corrected chi connectivity index (χ4v) is 3.87. The SMILES string of the molecule is C[C@H]1C[C@@H](Nc2ccc(NC(=O)OC(C)(C)C)cc2N)CC(C)(C)C1. The van der Waals surface area contributed by atoms with Crippen LogP contribution in [0.2, 0.25) is 0 Å². The number of rotatable bonds is 3. The maximum atomic E-state index is 11.9. The van der Waals surface area contributed by atoms with Gasteiger partial charge in [0, 0.05) is 11.7 Å². The van der Waals surface area contributed by atoms with Gasteiger partial charge in [0.25, 0.3) is 0 Å². The van der Waals surface area contributed by atoms with Crippen LogP contribution in [0.1, 0.15) is 60.8 Å². The normalized spacial score (nSPS) is 23.0. The van der Waals surface area contributed by atoms with Gasteiger partial charge in [-0.3, -0.25) is 5.32 Å². The van der Waals surface area contributed by atoms with E-state index < -0.39 is 11.7 Å². The first kappa shape index (κ1) is 19.4. The summed E-state index contributed by atoms with van der Waals surface area (Å²) in [5.74, 6) is 0.704. The first-order valence-electron chi connectivity index (χ1n) is 9.10. The van der Waals surface area contributed by atoms with Gasteiger partial charge in [0.15, 0.2) is 0 Å². The van der Waals surface area contributed by atoms with Gasteiger partial charge in [-0.2, -0.15) is 0 Å². The van der Waals surface area contributed by atoms with Gasteiger partial charge < -0.3 is 15.8 Å². The van der Waals surface area contributed by atoms with Crippen LogP contribution in [0.15, 0.2) is 18.2 Å². The summed E-state index contributed by atoms with van der Waals surface area (Å²) >= 11 is 0. The molecular weight excluding hydrogens is 314 g/mol. The molecule has 0 aromatic heterocycles. The number of nitrogen functional groups attached to an aromatic ring is 1. The van der Waals surface area contributed by atoms with Crippen molar-refractivity contribution in [3.63, 3.8) is 0 Å². The molecule has 0 saturated heterocycles. The molecule has 0 unspecified atom stereocenters. The van der Waals surface area contributed by atoms with Gasteiger partial charge >= 0.3 is 6.09 Å². The van der Waals surface area contributed by atoms with Gasteiger partial charge in [-0.15, -0.1) is 0 Å². The van der Waals surface area contributed by atoms with Gasteiger partial charge in [0.05, 0.1) is 11.4 Å². The number of hydrogen-bond donors (Lipinski definition) is 3. The van der Waals surface area contributed by atoms with Crippen molar-refractivity contribution in [3.05, 3.63) is 18.2 Å². The lowest BCUT2D eigenvalue weighted by Gasteiger charge is -2.39. The van der Waals surface area contributed by atoms with E-state index in [0.717, 1.165) is 18.5 Å². The minimum atomic E-state index is -0.526. The molecule has 1 saturated carbocycles. The second kappa shape index (κ2) is 7.14. The monoisotopic (exact) mass is 347 g/mol. The molecule has 1 aliphatic carbocycles. The van der Waals surface area contributed by atoms with Crippen LogP contribution in [0.4, 0.5) is 21.9 Å². The number of anilines is 3. The molecule has 25 heavy (non-hydrogen) atoms. The smallest absolute Gasteiger partial charge is 0.412 e. The third-order valence-electron chi connectivity index (χ3n) is 4.44. The lowest BCUT2D eigenvalue weighted by molar-refractivity contribution is 0.0636. The first-order chi connectivity index (χ1) is 11.4. The molecule has 140 valence electrons. The van der Waals surface area contributed by atoms with Crippen molar-refractivity contribution in [3.8, 4) is 0 Å². The van der Waals surface area contributed by atoms with Gasteiger partial charge in [0.1, 0.15) is 5.60 Å². The topological polar surface area (TPSA) is 76.4 Å². The summed E-state index contributed by atoms with van der Waals surface area (Å²) < 4.78 is 5.26. The minimum absolute atomic E-state index is 0.350. The van der Waals surface area contributed by atoms with Crippen LogP contribution in [-0.2, 0) is 4.74 Å². The van der Waals surface area contributed by atoms with Crippen LogP contribution in [0.25, 0.3) is 0 Å². The Morgan fingerprint density at radius 3 is 2.52 bits per heavy atom. The van der Waals surface area contributed by atoms with Crippen molar-refractivity contribution in [2.45, 2.75) is 72.4 Å². The zero-order valence-electron chi connectivity index (χ0n) is 16.4. The van der Waals surface area contributed by atoms with Gasteiger partial charge in [-0.25, -0.2) is 4.79 Å². The molecule has 2 atom stereocenters. The molecule has 0 bridgehead atoms. The van der Waals surface area contributed by atoms with Gasteiger partial charge in [-0.05, 0) is 69.6 Å². The minimum Gasteiger partial charge on any atom is -0.444 e. The van der Waals surface area contributed by atoms with E-state index in [1.165, 1.54) is 6.42 Å². The number of benzene rings is 1. The molecule has 1 aromatic rings. The van der Waals surface area contributed by atoms with Crippen molar-refractivity contribution in [2.24, 2.45) is 11.3 Å². The molecule has 5 nitrogen and oxygen atoms in total. The number of ether oxygens (including phenoxy) is 1. The van der Waals surface area contributed by atoms with Crippen molar-refractivity contribution in [1.82, 2.24) is 0 Å². The summed E-state index contributed by atoms with van der Waals surface area (Å²) in [7, 11) is 0. The highest BCUT2D eigenvalue weighted by molar-refractivity contribution is 5.87. The standard InChI is InChI=1S/C20H33N3O2/c1-13-9-15(12-20(5,6)11-13)22-17-8-7-14(10-16(17)21)23-18(24)25-19(2,3)4/h7-8,10,13,15,22H,9,11-12,21H2,1-6H3,(H,23,24)/t13-,15+/m0/s1. The summed E-state index contributed by atoms with van der Waals surface area (Å²) in [5, 5.41) is 6.31. The average molecular weight is 348 g/mol. The lowest BCUT2D eigenvalue weighted by Crippen LogP contribution is -2.35. The molecule has 1 amide bonds. The highest BCUT2D eigenvalue weighted by Crippen LogP contribution is 2.40. The van der Waals surface area contributed by atoms with E-state index >= 15 is 0 Å². The zero-order valence-corrected chi connectivity index (χ0v) is 16.4. The summed E-state index contributed by atoms with van der Waals surface area (Å²) in [6.45, 7) is 12.5. The van der Waals surface area contributed by atoms with Crippen LogP contribution in [0, 0.1) is 11.3 Å². The Hall–Kier alpha value is -1.91. The molecule has 5 heteroatoms. The van der Waals surface area contributed by atoms with E-state index in [4.69, 9.17) is 10.5 Å². The summed E-state index contributed by atoms with van der Waals surface area (Å²) in [6.07, 6.45) is 3.07. The van der Waals surface area contributed by atoms with E-state index in [0.29, 0.717) is 28.7 Å². The van der Waals surface area contributed by atoms with Gasteiger partial charge in [0.2, 0.25) is 0 Å². The van der Waals surface area contributed by atoms with Crippen LogP contribution >= 0.6 is 0 Å². The quantitative estimate of drug-likeness (QED) is 0.653. The van der Waals surface area contributed by atoms with E-state index in [-0.39, 0.29) is 0 Å². The van der Waals surface area contributed by atoms with Gasteiger partial charge in [-0.1, -0.05) is 20.8 Å². The Labute approximate surface area is 151 Å². The van der Waals surface area contributed by atoms with E-state index in [1.54, 1.807) is 6.07 Å². The average Bonchev–Trinajstić information content (AvgIpc) is 2.37. The second-order valence-electron chi connectivity index (χ2n) is 9.18. The number of hydrogen-bond acceptors (Lipinski definition) is 4. The Morgan fingerprint density at radius 1 is 1.28 bits per heavy atom. The van der Waals surface area contributed by atoms with Crippen molar-refractivity contribution < 1.29 is 9.53 Å². The fraction of sp³-hybridized carbons (Fsp3) is 0.650. The number of nitrogens with one attached hydrogen (secondary N) is 2. The summed E-state index contributed by atoms with van der Waals surface area (Å²) in [4.78, 5) is 11.9. The van der Waals surface area contributed by atoms with Crippen molar-refractivity contribution >= 4 is 23.2 Å². The molecular formula is C20H33N3O2. The maximum absolute atomic E-state index is 11.9. The Kier molecular flexibility index (Phi) is 5.55. The highest BCUT2D eigenvalue weighted by Gasteiger charge is 2.32. The zero-order chi connectivity index (χ0) is 18.8. The number of carbonyl (C=O) groups excluding carboxylic acids is 1. The first-order valence-corrected chi connectivity index (χ1v) is 9.10. The highest BCUT2D eigenvalue weighted by atomic mass is 16.6. The predicted octanol–water partition coefficient (Wildman–Crippen LogP) is 5.24. The predicted molar refractivity (Wildman–Crippen MR) is 105 cm³/mol. The number of nitrogens with two attached hydrogens (primary N) is 1. The molecule has 4 N–H and O–H groups in total. The molecule has 0 aliphatic heterocycles. The molecule has 0 radical (unpaired) electrons. The summed E-state index contributed by atoms with van der Waals surface area (Å²) in [5.41, 5.74) is 8.20. The maximum Gasteiger partial charge on any atom is 0.412 e. The lowest BCUT2D eigenvalue weighted by atomic mass is 9.70. The molecule has 1 aromatic carbocycles. The Morgan fingerprint density at radius 2 is 1.96 bits per heavy atom. The van der Waals surface area contributed by atoms with E-state index in [9.17, 15) is 4.79 Å². The number of amides is 1. The van der Waals surface area contributed by atoms with Crippen molar-refractivity contribution in [2.75, 3.05) is 16.4 Å². The summed E-state index contributed by atoms with van der Waals surface area (Å²) in [6, 6.07) is 5.96. The van der Waals surface area contributed by atoms with E-state index in [1.807, 2.05) is 32.9 Å². The fourth-order valence-electron chi connectivity index (χ4n) is 3.87. The van der Waals surface area contributed by atoms with Crippen molar-refractivity contribution in [1.29, 1.82) is 0 Å². The second-order valence-corrected chi connectivity index (χ2v) is 9.18. The number of carbonyl (C=O) groups is 1. The third-order valence-corrected chi connectivity index (χ3v) is 4.44. The molecule has 1 fully saturated rings. The third kappa shape index (κ3) is 6.15. The van der Waals surface area contributed by atoms with Crippen LogP contribution in [0.5, 0.6) is 0 Å². The van der Waals surface area contributed by atoms with Crippen LogP contribution < -0.4 is 16.4 Å². The van der Waals surface area contributed by atoms with E-state index in [2.05, 4.69) is 31.4 Å². The molecule has 2 rings (SSSR count). The van der Waals surface area contributed by atoms with Crippen LogP contribution in [-0.4, -0.2) is 17.7 Å².